The van der Waals surface area contributed by atoms with E-state index in [9.17, 15) is 8.42 Å². The first-order valence-corrected chi connectivity index (χ1v) is 10.7. The zero-order valence-corrected chi connectivity index (χ0v) is 16.3. The normalized spacial score (nSPS) is 11.8. The lowest BCUT2D eigenvalue weighted by atomic mass is 10.1. The van der Waals surface area contributed by atoms with Gasteiger partial charge in [-0.3, -0.25) is 0 Å². The van der Waals surface area contributed by atoms with Crippen LogP contribution in [0.25, 0.3) is 0 Å². The number of nitrogens with zero attached hydrogens (tertiary/aromatic N) is 1. The molecule has 2 rings (SSSR count). The van der Waals surface area contributed by atoms with Gasteiger partial charge >= 0.3 is 0 Å². The summed E-state index contributed by atoms with van der Waals surface area (Å²) in [6, 6.07) is 16.6. The molecule has 136 valence electrons. The highest BCUT2D eigenvalue weighted by Crippen LogP contribution is 2.20. The topological polar surface area (TPSA) is 37.4 Å². The first-order valence-electron chi connectivity index (χ1n) is 8.83. The zero-order chi connectivity index (χ0) is 18.1. The van der Waals surface area contributed by atoms with Crippen LogP contribution in [0.5, 0.6) is 0 Å². The Labute approximate surface area is 156 Å². The molecule has 0 spiro atoms. The van der Waals surface area contributed by atoms with Crippen LogP contribution < -0.4 is 0 Å². The molecule has 2 aromatic carbocycles. The Hall–Kier alpha value is -1.36. The molecule has 0 N–H and O–H groups in total. The van der Waals surface area contributed by atoms with Crippen LogP contribution in [0.3, 0.4) is 0 Å². The summed E-state index contributed by atoms with van der Waals surface area (Å²) in [6.07, 6.45) is 4.67. The van der Waals surface area contributed by atoms with Crippen molar-refractivity contribution in [2.75, 3.05) is 13.1 Å². The Balaban J connectivity index is 2.06. The van der Waals surface area contributed by atoms with Crippen LogP contribution in [0.15, 0.2) is 59.5 Å². The summed E-state index contributed by atoms with van der Waals surface area (Å²) in [4.78, 5) is 0.313. The second-order valence-corrected chi connectivity index (χ2v) is 8.53. The Morgan fingerprint density at radius 2 is 1.52 bits per heavy atom. The second kappa shape index (κ2) is 9.95. The molecule has 0 fully saturated rings. The monoisotopic (exact) mass is 379 g/mol. The van der Waals surface area contributed by atoms with Gasteiger partial charge in [-0.25, -0.2) is 8.42 Å². The molecule has 0 amide bonds. The molecule has 25 heavy (non-hydrogen) atoms. The van der Waals surface area contributed by atoms with Gasteiger partial charge in [0.15, 0.2) is 0 Å². The van der Waals surface area contributed by atoms with Gasteiger partial charge in [0, 0.05) is 18.1 Å². The molecule has 0 saturated carbocycles. The van der Waals surface area contributed by atoms with Crippen molar-refractivity contribution >= 4 is 21.6 Å². The Morgan fingerprint density at radius 3 is 2.16 bits per heavy atom. The minimum absolute atomic E-state index is 0.313. The number of benzene rings is 2. The van der Waals surface area contributed by atoms with E-state index < -0.39 is 10.0 Å². The third-order valence-electron chi connectivity index (χ3n) is 4.18. The maximum Gasteiger partial charge on any atom is 0.243 e. The fourth-order valence-corrected chi connectivity index (χ4v) is 4.39. The van der Waals surface area contributed by atoms with Gasteiger partial charge in [0.25, 0.3) is 0 Å². The van der Waals surface area contributed by atoms with Crippen LogP contribution in [0.2, 0.25) is 5.02 Å². The third kappa shape index (κ3) is 6.14. The Kier molecular flexibility index (Phi) is 7.94. The summed E-state index contributed by atoms with van der Waals surface area (Å²) in [5.74, 6) is 0. The highest BCUT2D eigenvalue weighted by Gasteiger charge is 2.23. The van der Waals surface area contributed by atoms with Gasteiger partial charge in [0.05, 0.1) is 4.90 Å². The number of sulfonamides is 1. The fraction of sp³-hybridized carbons (Fsp3) is 0.400. The molecule has 0 unspecified atom stereocenters. The smallest absolute Gasteiger partial charge is 0.207 e. The van der Waals surface area contributed by atoms with Crippen molar-refractivity contribution in [2.45, 2.75) is 43.9 Å². The Bertz CT molecular complexity index is 730. The van der Waals surface area contributed by atoms with Gasteiger partial charge in [0.2, 0.25) is 10.0 Å². The maximum atomic E-state index is 13.0. The van der Waals surface area contributed by atoms with E-state index in [1.54, 1.807) is 28.6 Å². The number of aryl methyl sites for hydroxylation is 1. The van der Waals surface area contributed by atoms with Crippen LogP contribution in [-0.2, 0) is 16.4 Å². The summed E-state index contributed by atoms with van der Waals surface area (Å²) in [5.41, 5.74) is 1.24. The quantitative estimate of drug-likeness (QED) is 0.535. The molecule has 5 heteroatoms. The van der Waals surface area contributed by atoms with Gasteiger partial charge in [0.1, 0.15) is 0 Å². The molecule has 2 aromatic rings. The minimum atomic E-state index is -3.48. The van der Waals surface area contributed by atoms with E-state index in [1.165, 1.54) is 5.56 Å². The van der Waals surface area contributed by atoms with Crippen molar-refractivity contribution in [3.63, 3.8) is 0 Å². The molecule has 0 radical (unpaired) electrons. The van der Waals surface area contributed by atoms with E-state index in [2.05, 4.69) is 19.1 Å². The largest absolute Gasteiger partial charge is 0.243 e. The molecule has 3 nitrogen and oxygen atoms in total. The molecule has 0 aliphatic heterocycles. The zero-order valence-electron chi connectivity index (χ0n) is 14.7. The van der Waals surface area contributed by atoms with Crippen molar-refractivity contribution < 1.29 is 8.42 Å². The average molecular weight is 380 g/mol. The third-order valence-corrected chi connectivity index (χ3v) is 6.34. The highest BCUT2D eigenvalue weighted by atomic mass is 35.5. The summed E-state index contributed by atoms with van der Waals surface area (Å²) in [7, 11) is -3.48. The van der Waals surface area contributed by atoms with Gasteiger partial charge < -0.3 is 0 Å². The number of unbranched alkanes of at least 4 members (excludes halogenated alkanes) is 2. The van der Waals surface area contributed by atoms with E-state index in [0.717, 1.165) is 32.1 Å². The van der Waals surface area contributed by atoms with Gasteiger partial charge in [-0.2, -0.15) is 4.31 Å². The van der Waals surface area contributed by atoms with Gasteiger partial charge in [-0.1, -0.05) is 61.7 Å². The van der Waals surface area contributed by atoms with Crippen molar-refractivity contribution in [1.82, 2.24) is 4.31 Å². The van der Waals surface area contributed by atoms with Crippen LogP contribution in [0.4, 0.5) is 0 Å². The van der Waals surface area contributed by atoms with E-state index in [-0.39, 0.29) is 0 Å². The van der Waals surface area contributed by atoms with E-state index in [0.29, 0.717) is 23.0 Å². The number of hydrogen-bond donors (Lipinski definition) is 0. The maximum absolute atomic E-state index is 13.0. The molecule has 0 saturated heterocycles. The number of halogens is 1. The van der Waals surface area contributed by atoms with Crippen molar-refractivity contribution in [2.24, 2.45) is 0 Å². The SMILES string of the molecule is CCCCCN(CCCc1ccccc1)S(=O)(=O)c1ccc(Cl)cc1. The fourth-order valence-electron chi connectivity index (χ4n) is 2.75. The molecule has 0 heterocycles. The summed E-state index contributed by atoms with van der Waals surface area (Å²) >= 11 is 5.89. The number of hydrogen-bond acceptors (Lipinski definition) is 2. The van der Waals surface area contributed by atoms with Crippen molar-refractivity contribution in [3.05, 3.63) is 65.2 Å². The van der Waals surface area contributed by atoms with Crippen LogP contribution >= 0.6 is 11.6 Å². The molecular weight excluding hydrogens is 354 g/mol. The van der Waals surface area contributed by atoms with Gasteiger partial charge in [-0.05, 0) is 49.1 Å². The second-order valence-electron chi connectivity index (χ2n) is 6.15. The first-order chi connectivity index (χ1) is 12.0. The van der Waals surface area contributed by atoms with E-state index >= 15 is 0 Å². The standard InChI is InChI=1S/C20H26ClNO2S/c1-2-3-7-16-22(17-8-11-18-9-5-4-6-10-18)25(23,24)20-14-12-19(21)13-15-20/h4-6,9-10,12-15H,2-3,7-8,11,16-17H2,1H3. The lowest BCUT2D eigenvalue weighted by molar-refractivity contribution is 0.393. The Morgan fingerprint density at radius 1 is 0.880 bits per heavy atom. The van der Waals surface area contributed by atoms with Crippen LogP contribution in [0.1, 0.15) is 38.2 Å². The predicted molar refractivity (Wildman–Crippen MR) is 104 cm³/mol. The molecule has 0 aliphatic carbocycles. The van der Waals surface area contributed by atoms with Crippen molar-refractivity contribution in [3.8, 4) is 0 Å². The molecule has 0 atom stereocenters. The lowest BCUT2D eigenvalue weighted by Crippen LogP contribution is -2.33. The predicted octanol–water partition coefficient (Wildman–Crippen LogP) is 5.15. The molecule has 0 aromatic heterocycles. The minimum Gasteiger partial charge on any atom is -0.207 e. The summed E-state index contributed by atoms with van der Waals surface area (Å²) < 4.78 is 27.5. The van der Waals surface area contributed by atoms with Crippen molar-refractivity contribution in [1.29, 1.82) is 0 Å². The first kappa shape index (κ1) is 20.0. The average Bonchev–Trinajstić information content (AvgIpc) is 2.62. The molecule has 0 bridgehead atoms. The summed E-state index contributed by atoms with van der Waals surface area (Å²) in [6.45, 7) is 3.21. The highest BCUT2D eigenvalue weighted by molar-refractivity contribution is 7.89. The van der Waals surface area contributed by atoms with E-state index in [1.807, 2.05) is 18.2 Å². The van der Waals surface area contributed by atoms with E-state index in [4.69, 9.17) is 11.6 Å². The molecule has 0 aliphatic rings. The van der Waals surface area contributed by atoms with Crippen LogP contribution in [0, 0.1) is 0 Å². The van der Waals surface area contributed by atoms with Gasteiger partial charge in [-0.15, -0.1) is 0 Å². The number of rotatable bonds is 10. The van der Waals surface area contributed by atoms with Crippen LogP contribution in [-0.4, -0.2) is 25.8 Å². The molecular formula is C20H26ClNO2S. The lowest BCUT2D eigenvalue weighted by Gasteiger charge is -2.22. The summed E-state index contributed by atoms with van der Waals surface area (Å²) in [5, 5.41) is 0.542.